The van der Waals surface area contributed by atoms with Crippen molar-refractivity contribution in [3.63, 3.8) is 0 Å². The normalized spacial score (nSPS) is 13.9. The van der Waals surface area contributed by atoms with Crippen LogP contribution >= 0.6 is 0 Å². The van der Waals surface area contributed by atoms with E-state index in [9.17, 15) is 18.8 Å². The van der Waals surface area contributed by atoms with E-state index in [1.165, 1.54) is 30.7 Å². The number of nitrogens with one attached hydrogen (secondary N) is 1. The highest BCUT2D eigenvalue weighted by Crippen LogP contribution is 2.23. The largest absolute Gasteiger partial charge is 0.339 e. The van der Waals surface area contributed by atoms with Crippen molar-refractivity contribution in [2.75, 3.05) is 12.4 Å². The average molecular weight is 463 g/mol. The third-order valence-corrected chi connectivity index (χ3v) is 6.14. The fourth-order valence-corrected chi connectivity index (χ4v) is 4.24. The first-order valence-electron chi connectivity index (χ1n) is 11.4. The van der Waals surface area contributed by atoms with Crippen LogP contribution in [0.2, 0.25) is 0 Å². The fourth-order valence-electron chi connectivity index (χ4n) is 4.24. The van der Waals surface area contributed by atoms with Gasteiger partial charge in [0, 0.05) is 36.0 Å². The van der Waals surface area contributed by atoms with E-state index in [0.717, 1.165) is 30.4 Å². The molecule has 1 aliphatic rings. The molecule has 0 bridgehead atoms. The average Bonchev–Trinajstić information content (AvgIpc) is 2.85. The van der Waals surface area contributed by atoms with Gasteiger partial charge in [0.2, 0.25) is 5.91 Å². The molecule has 7 nitrogen and oxygen atoms in total. The second-order valence-electron chi connectivity index (χ2n) is 8.56. The SMILES string of the molecule is CN(C(=O)c1cccc(NC(=O)Cn2nc(-c3ccc(F)cc3)ccc2=O)c1)C1CCCCC1. The lowest BCUT2D eigenvalue weighted by atomic mass is 9.94. The first-order valence-corrected chi connectivity index (χ1v) is 11.4. The van der Waals surface area contributed by atoms with Gasteiger partial charge in [-0.05, 0) is 61.4 Å². The van der Waals surface area contributed by atoms with E-state index < -0.39 is 11.5 Å². The van der Waals surface area contributed by atoms with Gasteiger partial charge in [0.25, 0.3) is 11.5 Å². The minimum atomic E-state index is -0.448. The first-order chi connectivity index (χ1) is 16.4. The molecule has 0 saturated heterocycles. The topological polar surface area (TPSA) is 84.3 Å². The van der Waals surface area contributed by atoms with Crippen molar-refractivity contribution in [2.45, 2.75) is 44.7 Å². The third kappa shape index (κ3) is 5.57. The monoisotopic (exact) mass is 462 g/mol. The highest BCUT2D eigenvalue weighted by Gasteiger charge is 2.23. The molecule has 3 aromatic rings. The predicted octanol–water partition coefficient (Wildman–Crippen LogP) is 4.09. The Bertz CT molecular complexity index is 1230. The Morgan fingerprint density at radius 3 is 2.53 bits per heavy atom. The van der Waals surface area contributed by atoms with Crippen LogP contribution in [-0.2, 0) is 11.3 Å². The summed E-state index contributed by atoms with van der Waals surface area (Å²) in [5.74, 6) is -0.897. The number of carbonyl (C=O) groups is 2. The van der Waals surface area contributed by atoms with Crippen LogP contribution in [0.4, 0.5) is 10.1 Å². The molecule has 4 rings (SSSR count). The van der Waals surface area contributed by atoms with Gasteiger partial charge in [-0.1, -0.05) is 25.3 Å². The third-order valence-electron chi connectivity index (χ3n) is 6.14. The molecule has 2 aromatic carbocycles. The molecule has 1 N–H and O–H groups in total. The lowest BCUT2D eigenvalue weighted by molar-refractivity contribution is -0.117. The van der Waals surface area contributed by atoms with Gasteiger partial charge in [-0.2, -0.15) is 5.10 Å². The summed E-state index contributed by atoms with van der Waals surface area (Å²) in [5.41, 5.74) is 1.61. The van der Waals surface area contributed by atoms with Gasteiger partial charge >= 0.3 is 0 Å². The van der Waals surface area contributed by atoms with Gasteiger partial charge < -0.3 is 10.2 Å². The summed E-state index contributed by atoms with van der Waals surface area (Å²) in [6, 6.07) is 15.6. The Balaban J connectivity index is 1.44. The van der Waals surface area contributed by atoms with Crippen molar-refractivity contribution < 1.29 is 14.0 Å². The van der Waals surface area contributed by atoms with Gasteiger partial charge in [0.05, 0.1) is 5.69 Å². The van der Waals surface area contributed by atoms with E-state index in [2.05, 4.69) is 10.4 Å². The lowest BCUT2D eigenvalue weighted by Crippen LogP contribution is -2.38. The number of hydrogen-bond acceptors (Lipinski definition) is 4. The molecule has 2 amide bonds. The van der Waals surface area contributed by atoms with Gasteiger partial charge in [-0.25, -0.2) is 9.07 Å². The molecule has 1 heterocycles. The lowest BCUT2D eigenvalue weighted by Gasteiger charge is -2.31. The van der Waals surface area contributed by atoms with Crippen LogP contribution < -0.4 is 10.9 Å². The summed E-state index contributed by atoms with van der Waals surface area (Å²) >= 11 is 0. The van der Waals surface area contributed by atoms with Crippen molar-refractivity contribution >= 4 is 17.5 Å². The van der Waals surface area contributed by atoms with Gasteiger partial charge in [0.15, 0.2) is 0 Å². The Kier molecular flexibility index (Phi) is 7.15. The quantitative estimate of drug-likeness (QED) is 0.598. The van der Waals surface area contributed by atoms with Crippen LogP contribution in [0.1, 0.15) is 42.5 Å². The molecule has 0 radical (unpaired) electrons. The van der Waals surface area contributed by atoms with Crippen LogP contribution in [0.3, 0.4) is 0 Å². The standard InChI is InChI=1S/C26H27FN4O3/c1-30(22-8-3-2-4-9-22)26(34)19-6-5-7-21(16-19)28-24(32)17-31-25(33)15-14-23(29-31)18-10-12-20(27)13-11-18/h5-7,10-16,22H,2-4,8-9,17H2,1H3,(H,28,32). The summed E-state index contributed by atoms with van der Waals surface area (Å²) in [7, 11) is 1.83. The van der Waals surface area contributed by atoms with E-state index in [4.69, 9.17) is 0 Å². The molecular weight excluding hydrogens is 435 g/mol. The Morgan fingerprint density at radius 2 is 1.79 bits per heavy atom. The number of rotatable bonds is 6. The number of aromatic nitrogens is 2. The Labute approximate surface area is 197 Å². The van der Waals surface area contributed by atoms with Crippen molar-refractivity contribution in [3.8, 4) is 11.3 Å². The summed E-state index contributed by atoms with van der Waals surface area (Å²) < 4.78 is 14.2. The van der Waals surface area contributed by atoms with E-state index in [1.807, 2.05) is 7.05 Å². The van der Waals surface area contributed by atoms with Crippen molar-refractivity contribution in [1.29, 1.82) is 0 Å². The summed E-state index contributed by atoms with van der Waals surface area (Å²) in [6.07, 6.45) is 5.50. The number of carbonyl (C=O) groups excluding carboxylic acids is 2. The smallest absolute Gasteiger partial charge is 0.267 e. The second-order valence-corrected chi connectivity index (χ2v) is 8.56. The van der Waals surface area contributed by atoms with Crippen LogP contribution in [0, 0.1) is 5.82 Å². The molecule has 1 aliphatic carbocycles. The zero-order chi connectivity index (χ0) is 24.1. The van der Waals surface area contributed by atoms with Crippen molar-refractivity contribution in [3.05, 3.63) is 82.4 Å². The molecule has 0 unspecified atom stereocenters. The van der Waals surface area contributed by atoms with Crippen LogP contribution in [0.15, 0.2) is 65.5 Å². The summed E-state index contributed by atoms with van der Waals surface area (Å²) in [4.78, 5) is 39.6. The van der Waals surface area contributed by atoms with E-state index >= 15 is 0 Å². The zero-order valence-electron chi connectivity index (χ0n) is 19.0. The number of nitrogens with zero attached hydrogens (tertiary/aromatic N) is 3. The van der Waals surface area contributed by atoms with Crippen LogP contribution in [0.5, 0.6) is 0 Å². The minimum absolute atomic E-state index is 0.0760. The van der Waals surface area contributed by atoms with Gasteiger partial charge in [0.1, 0.15) is 12.4 Å². The number of hydrogen-bond donors (Lipinski definition) is 1. The number of anilines is 1. The van der Waals surface area contributed by atoms with E-state index in [0.29, 0.717) is 22.5 Å². The molecule has 1 aromatic heterocycles. The van der Waals surface area contributed by atoms with Crippen LogP contribution in [-0.4, -0.2) is 39.6 Å². The summed E-state index contributed by atoms with van der Waals surface area (Å²) in [6.45, 7) is -0.298. The Hall–Kier alpha value is -3.81. The molecule has 0 atom stereocenters. The minimum Gasteiger partial charge on any atom is -0.339 e. The maximum absolute atomic E-state index is 13.2. The number of halogens is 1. The maximum atomic E-state index is 13.2. The van der Waals surface area contributed by atoms with Crippen molar-refractivity contribution in [2.24, 2.45) is 0 Å². The number of amides is 2. The molecule has 34 heavy (non-hydrogen) atoms. The molecular formula is C26H27FN4O3. The molecule has 1 fully saturated rings. The fraction of sp³-hybridized carbons (Fsp3) is 0.308. The highest BCUT2D eigenvalue weighted by molar-refractivity contribution is 5.97. The first kappa shape index (κ1) is 23.4. The molecule has 176 valence electrons. The predicted molar refractivity (Wildman–Crippen MR) is 128 cm³/mol. The molecule has 1 saturated carbocycles. The number of benzene rings is 2. The molecule has 0 aliphatic heterocycles. The van der Waals surface area contributed by atoms with E-state index in [1.54, 1.807) is 41.3 Å². The van der Waals surface area contributed by atoms with Gasteiger partial charge in [-0.15, -0.1) is 0 Å². The molecule has 8 heteroatoms. The zero-order valence-corrected chi connectivity index (χ0v) is 19.0. The highest BCUT2D eigenvalue weighted by atomic mass is 19.1. The molecule has 0 spiro atoms. The van der Waals surface area contributed by atoms with Gasteiger partial charge in [-0.3, -0.25) is 14.4 Å². The second kappa shape index (κ2) is 10.4. The van der Waals surface area contributed by atoms with Crippen molar-refractivity contribution in [1.82, 2.24) is 14.7 Å². The maximum Gasteiger partial charge on any atom is 0.267 e. The van der Waals surface area contributed by atoms with Crippen LogP contribution in [0.25, 0.3) is 11.3 Å². The Morgan fingerprint density at radius 1 is 1.06 bits per heavy atom. The summed E-state index contributed by atoms with van der Waals surface area (Å²) in [5, 5.41) is 6.97. The van der Waals surface area contributed by atoms with E-state index in [-0.39, 0.29) is 24.3 Å².